The maximum absolute atomic E-state index is 11.8. The molecule has 0 fully saturated rings. The number of aromatic hydroxyl groups is 1. The van der Waals surface area contributed by atoms with E-state index >= 15 is 0 Å². The van der Waals surface area contributed by atoms with Crippen molar-refractivity contribution in [2.75, 3.05) is 20.4 Å². The Morgan fingerprint density at radius 3 is 2.05 bits per heavy atom. The first kappa shape index (κ1) is 19.2. The lowest BCUT2D eigenvalue weighted by Gasteiger charge is -2.23. The molecule has 0 aromatic heterocycles. The Hall–Kier alpha value is -0.780. The minimum absolute atomic E-state index is 0. The second-order valence-electron chi connectivity index (χ2n) is 6.24. The predicted molar refractivity (Wildman–Crippen MR) is 84.6 cm³/mol. The van der Waals surface area contributed by atoms with Crippen LogP contribution in [0, 0.1) is 0 Å². The number of halogens is 1. The zero-order valence-corrected chi connectivity index (χ0v) is 14.5. The second kappa shape index (κ2) is 6.33. The van der Waals surface area contributed by atoms with Gasteiger partial charge in [-0.3, -0.25) is 0 Å². The molecule has 0 amide bonds. The third-order valence-corrected chi connectivity index (χ3v) is 4.02. The SMILES string of the molecule is CN(C)Cc1cc(C(C)(C)C)cc(S(C)(=O)=O)c1O.Cl. The Labute approximate surface area is 128 Å². The van der Waals surface area contributed by atoms with Gasteiger partial charge in [0.2, 0.25) is 0 Å². The van der Waals surface area contributed by atoms with E-state index in [9.17, 15) is 13.5 Å². The number of sulfone groups is 1. The summed E-state index contributed by atoms with van der Waals surface area (Å²) in [5, 5.41) is 10.2. The Kier molecular flexibility index (Phi) is 6.08. The molecule has 0 unspecified atom stereocenters. The van der Waals surface area contributed by atoms with Crippen molar-refractivity contribution in [2.45, 2.75) is 37.6 Å². The van der Waals surface area contributed by atoms with Crippen molar-refractivity contribution in [1.82, 2.24) is 4.90 Å². The van der Waals surface area contributed by atoms with E-state index in [1.165, 1.54) is 0 Å². The van der Waals surface area contributed by atoms with Crippen LogP contribution in [-0.2, 0) is 21.8 Å². The lowest BCUT2D eigenvalue weighted by atomic mass is 9.86. The second-order valence-corrected chi connectivity index (χ2v) is 8.23. The highest BCUT2D eigenvalue weighted by molar-refractivity contribution is 7.90. The van der Waals surface area contributed by atoms with Gasteiger partial charge in [-0.2, -0.15) is 0 Å². The summed E-state index contributed by atoms with van der Waals surface area (Å²) in [5.41, 5.74) is 1.37. The monoisotopic (exact) mass is 321 g/mol. The summed E-state index contributed by atoms with van der Waals surface area (Å²) in [6, 6.07) is 3.45. The normalized spacial score (nSPS) is 12.3. The average Bonchev–Trinajstić information content (AvgIpc) is 2.16. The molecule has 0 saturated carbocycles. The molecule has 0 radical (unpaired) electrons. The largest absolute Gasteiger partial charge is 0.506 e. The molecular weight excluding hydrogens is 298 g/mol. The van der Waals surface area contributed by atoms with Crippen LogP contribution < -0.4 is 0 Å². The van der Waals surface area contributed by atoms with E-state index in [0.717, 1.165) is 11.8 Å². The van der Waals surface area contributed by atoms with Crippen LogP contribution >= 0.6 is 12.4 Å². The fraction of sp³-hybridized carbons (Fsp3) is 0.571. The molecule has 0 saturated heterocycles. The van der Waals surface area contributed by atoms with Crippen molar-refractivity contribution in [3.05, 3.63) is 23.3 Å². The topological polar surface area (TPSA) is 57.6 Å². The molecule has 0 aliphatic carbocycles. The maximum Gasteiger partial charge on any atom is 0.179 e. The molecule has 116 valence electrons. The third-order valence-electron chi connectivity index (χ3n) is 2.91. The van der Waals surface area contributed by atoms with Gasteiger partial charge in [0.1, 0.15) is 10.6 Å². The smallest absolute Gasteiger partial charge is 0.179 e. The van der Waals surface area contributed by atoms with E-state index in [-0.39, 0.29) is 28.5 Å². The molecule has 0 aliphatic rings. The zero-order valence-electron chi connectivity index (χ0n) is 12.9. The van der Waals surface area contributed by atoms with Gasteiger partial charge in [0.05, 0.1) is 0 Å². The maximum atomic E-state index is 11.8. The van der Waals surface area contributed by atoms with Gasteiger partial charge in [-0.25, -0.2) is 8.42 Å². The summed E-state index contributed by atoms with van der Waals surface area (Å²) in [5.74, 6) is -0.135. The molecule has 0 spiro atoms. The number of nitrogens with zero attached hydrogens (tertiary/aromatic N) is 1. The molecule has 20 heavy (non-hydrogen) atoms. The van der Waals surface area contributed by atoms with Crippen LogP contribution in [0.4, 0.5) is 0 Å². The van der Waals surface area contributed by atoms with Crippen LogP contribution in [0.25, 0.3) is 0 Å². The third kappa shape index (κ3) is 4.65. The van der Waals surface area contributed by atoms with Gasteiger partial charge in [-0.15, -0.1) is 12.4 Å². The van der Waals surface area contributed by atoms with E-state index in [0.29, 0.717) is 12.1 Å². The minimum Gasteiger partial charge on any atom is -0.506 e. The average molecular weight is 322 g/mol. The Bertz CT molecular complexity index is 575. The molecular formula is C14H24ClNO3S. The minimum atomic E-state index is -3.44. The number of phenolic OH excluding ortho intramolecular Hbond substituents is 1. The highest BCUT2D eigenvalue weighted by Gasteiger charge is 2.23. The van der Waals surface area contributed by atoms with Gasteiger partial charge >= 0.3 is 0 Å². The molecule has 0 heterocycles. The fourth-order valence-corrected chi connectivity index (χ4v) is 2.67. The van der Waals surface area contributed by atoms with E-state index < -0.39 is 9.84 Å². The number of benzene rings is 1. The number of rotatable bonds is 3. The highest BCUT2D eigenvalue weighted by Crippen LogP contribution is 2.34. The first-order valence-electron chi connectivity index (χ1n) is 6.14. The van der Waals surface area contributed by atoms with E-state index in [4.69, 9.17) is 0 Å². The molecule has 1 N–H and O–H groups in total. The molecule has 0 atom stereocenters. The van der Waals surface area contributed by atoms with E-state index in [1.807, 2.05) is 45.8 Å². The number of hydrogen-bond acceptors (Lipinski definition) is 4. The molecule has 4 nitrogen and oxygen atoms in total. The van der Waals surface area contributed by atoms with Gasteiger partial charge in [-0.1, -0.05) is 26.8 Å². The van der Waals surface area contributed by atoms with E-state index in [2.05, 4.69) is 0 Å². The van der Waals surface area contributed by atoms with Crippen molar-refractivity contribution >= 4 is 22.2 Å². The fourth-order valence-electron chi connectivity index (χ4n) is 1.84. The highest BCUT2D eigenvalue weighted by atomic mass is 35.5. The van der Waals surface area contributed by atoms with Gasteiger partial charge < -0.3 is 10.0 Å². The first-order chi connectivity index (χ1) is 8.43. The zero-order chi connectivity index (χ0) is 15.0. The van der Waals surface area contributed by atoms with Gasteiger partial charge in [-0.05, 0) is 31.1 Å². The summed E-state index contributed by atoms with van der Waals surface area (Å²) in [4.78, 5) is 1.91. The van der Waals surface area contributed by atoms with Crippen molar-refractivity contribution in [3.63, 3.8) is 0 Å². The van der Waals surface area contributed by atoms with Crippen molar-refractivity contribution in [2.24, 2.45) is 0 Å². The molecule has 0 bridgehead atoms. The first-order valence-corrected chi connectivity index (χ1v) is 8.03. The summed E-state index contributed by atoms with van der Waals surface area (Å²) < 4.78 is 23.6. The van der Waals surface area contributed by atoms with Crippen LogP contribution in [-0.4, -0.2) is 38.8 Å². The summed E-state index contributed by atoms with van der Waals surface area (Å²) >= 11 is 0. The van der Waals surface area contributed by atoms with Crippen LogP contribution in [0.3, 0.4) is 0 Å². The van der Waals surface area contributed by atoms with Crippen molar-refractivity contribution < 1.29 is 13.5 Å². The van der Waals surface area contributed by atoms with Crippen LogP contribution in [0.15, 0.2) is 17.0 Å². The van der Waals surface area contributed by atoms with E-state index in [1.54, 1.807) is 6.07 Å². The molecule has 6 heteroatoms. The van der Waals surface area contributed by atoms with Crippen LogP contribution in [0.1, 0.15) is 31.9 Å². The Balaban J connectivity index is 0.00000361. The van der Waals surface area contributed by atoms with Gasteiger partial charge in [0.25, 0.3) is 0 Å². The lowest BCUT2D eigenvalue weighted by molar-refractivity contribution is 0.380. The van der Waals surface area contributed by atoms with Gasteiger partial charge in [0, 0.05) is 18.4 Å². The van der Waals surface area contributed by atoms with Gasteiger partial charge in [0.15, 0.2) is 9.84 Å². The quantitative estimate of drug-likeness (QED) is 0.929. The molecule has 1 rings (SSSR count). The molecule has 0 aliphatic heterocycles. The molecule has 1 aromatic rings. The van der Waals surface area contributed by atoms with Crippen LogP contribution in [0.2, 0.25) is 0 Å². The summed E-state index contributed by atoms with van der Waals surface area (Å²) in [6.07, 6.45) is 1.12. The molecule has 1 aromatic carbocycles. The predicted octanol–water partition coefficient (Wildman–Crippen LogP) is 2.58. The number of phenols is 1. The lowest BCUT2D eigenvalue weighted by Crippen LogP contribution is -2.16. The Morgan fingerprint density at radius 2 is 1.70 bits per heavy atom. The number of hydrogen-bond donors (Lipinski definition) is 1. The van der Waals surface area contributed by atoms with Crippen molar-refractivity contribution in [3.8, 4) is 5.75 Å². The van der Waals surface area contributed by atoms with Crippen molar-refractivity contribution in [1.29, 1.82) is 0 Å². The summed E-state index contributed by atoms with van der Waals surface area (Å²) in [6.45, 7) is 6.55. The standard InChI is InChI=1S/C14H23NO3S.ClH/c1-14(2,3)11-7-10(9-15(4)5)13(16)12(8-11)19(6,17)18;/h7-8,16H,9H2,1-6H3;1H. The van der Waals surface area contributed by atoms with Crippen LogP contribution in [0.5, 0.6) is 5.75 Å². The Morgan fingerprint density at radius 1 is 1.20 bits per heavy atom. The summed E-state index contributed by atoms with van der Waals surface area (Å²) in [7, 11) is 0.314.